The fourth-order valence-corrected chi connectivity index (χ4v) is 3.79. The number of aromatic nitrogens is 2. The van der Waals surface area contributed by atoms with E-state index in [9.17, 15) is 28.8 Å². The number of esters is 2. The summed E-state index contributed by atoms with van der Waals surface area (Å²) in [5, 5.41) is 10.7. The van der Waals surface area contributed by atoms with E-state index in [2.05, 4.69) is 0 Å². The van der Waals surface area contributed by atoms with Crippen molar-refractivity contribution in [1.29, 1.82) is 0 Å². The lowest BCUT2D eigenvalue weighted by atomic mass is 9.98. The molecule has 0 aliphatic heterocycles. The fraction of sp³-hybridized carbons (Fsp3) is 0.727. The van der Waals surface area contributed by atoms with Crippen LogP contribution >= 0.6 is 19.4 Å². The summed E-state index contributed by atoms with van der Waals surface area (Å²) in [5.74, 6) is -2.11. The number of aliphatic hydroxyl groups is 1. The first-order valence-electron chi connectivity index (χ1n) is 11.4. The number of H-pyrrole nitrogens is 1. The maximum Gasteiger partial charge on any atom is 0.480 e. The van der Waals surface area contributed by atoms with Gasteiger partial charge in [-0.15, -0.1) is 11.6 Å². The van der Waals surface area contributed by atoms with Crippen LogP contribution < -0.4 is 11.2 Å². The third-order valence-electron chi connectivity index (χ3n) is 5.04. The largest absolute Gasteiger partial charge is 0.480 e. The molecule has 224 valence electrons. The molecule has 0 aromatic carbocycles. The number of hydrogen-bond donors (Lipinski definition) is 2. The molecule has 2 N–H and O–H groups in total. The maximum absolute atomic E-state index is 15.2. The van der Waals surface area contributed by atoms with E-state index in [-0.39, 0.29) is 0 Å². The summed E-state index contributed by atoms with van der Waals surface area (Å²) in [6.07, 6.45) is -3.94. The van der Waals surface area contributed by atoms with E-state index < -0.39 is 85.9 Å². The molecule has 39 heavy (non-hydrogen) atoms. The van der Waals surface area contributed by atoms with Crippen molar-refractivity contribution >= 4 is 31.4 Å². The van der Waals surface area contributed by atoms with E-state index in [4.69, 9.17) is 39.4 Å². The molecule has 14 nitrogen and oxygen atoms in total. The molecule has 0 aliphatic carbocycles. The Bertz CT molecular complexity index is 1100. The van der Waals surface area contributed by atoms with Gasteiger partial charge < -0.3 is 19.3 Å². The van der Waals surface area contributed by atoms with Gasteiger partial charge in [0.1, 0.15) is 11.7 Å². The monoisotopic (exact) mass is 604 g/mol. The van der Waals surface area contributed by atoms with Crippen molar-refractivity contribution < 1.29 is 51.4 Å². The first kappa shape index (κ1) is 34.9. The Labute approximate surface area is 229 Å². The number of phosphoric ester groups is 1. The van der Waals surface area contributed by atoms with Crippen LogP contribution in [-0.4, -0.2) is 71.5 Å². The molecule has 1 heterocycles. The van der Waals surface area contributed by atoms with E-state index >= 15 is 4.39 Å². The Morgan fingerprint density at radius 3 is 1.92 bits per heavy atom. The predicted molar refractivity (Wildman–Crippen MR) is 134 cm³/mol. The molecule has 0 bridgehead atoms. The molecule has 0 unspecified atom stereocenters. The molecular weight excluding hydrogens is 570 g/mol. The number of nitrogens with one attached hydrogen (secondary N) is 1. The number of halogens is 2. The first-order valence-corrected chi connectivity index (χ1v) is 13.4. The van der Waals surface area contributed by atoms with Gasteiger partial charge in [0.25, 0.3) is 5.56 Å². The SMILES string of the molecule is CO[C@](CCl)(COP(=O)(OCOC(=O)C(C)(C)C)OCOC(=O)C(C)(C)C)[C@@H](O)[C@@H](F)n1ccc(=O)[nH]c1=O. The number of carbonyl (C=O) groups is 2. The number of phosphoric acid groups is 1. The highest BCUT2D eigenvalue weighted by atomic mass is 35.5. The van der Waals surface area contributed by atoms with Crippen LogP contribution in [0.1, 0.15) is 47.8 Å². The van der Waals surface area contributed by atoms with Gasteiger partial charge in [0.15, 0.2) is 0 Å². The molecular formula is C22H35ClFN2O12P. The predicted octanol–water partition coefficient (Wildman–Crippen LogP) is 2.24. The van der Waals surface area contributed by atoms with Gasteiger partial charge in [-0.1, -0.05) is 0 Å². The second-order valence-corrected chi connectivity index (χ2v) is 12.3. The zero-order chi connectivity index (χ0) is 30.2. The van der Waals surface area contributed by atoms with Crippen molar-refractivity contribution in [3.05, 3.63) is 33.1 Å². The molecule has 0 saturated heterocycles. The summed E-state index contributed by atoms with van der Waals surface area (Å²) in [6, 6.07) is 0.847. The van der Waals surface area contributed by atoms with Crippen LogP contribution in [0.5, 0.6) is 0 Å². The first-order chi connectivity index (χ1) is 17.8. The smallest absolute Gasteiger partial charge is 0.437 e. The summed E-state index contributed by atoms with van der Waals surface area (Å²) in [6.45, 7) is 6.57. The number of carbonyl (C=O) groups excluding carboxylic acids is 2. The van der Waals surface area contributed by atoms with Crippen molar-refractivity contribution in [2.45, 2.75) is 59.5 Å². The minimum absolute atomic E-state index is 0.372. The number of nitrogens with zero attached hydrogens (tertiary/aromatic N) is 1. The van der Waals surface area contributed by atoms with E-state index in [0.717, 1.165) is 19.4 Å². The molecule has 0 fully saturated rings. The normalized spacial score (nSPS) is 15.7. The van der Waals surface area contributed by atoms with Crippen LogP contribution in [0.25, 0.3) is 0 Å². The van der Waals surface area contributed by atoms with Crippen molar-refractivity contribution in [3.8, 4) is 0 Å². The summed E-state index contributed by atoms with van der Waals surface area (Å²) < 4.78 is 59.1. The Hall–Kier alpha value is -2.13. The van der Waals surface area contributed by atoms with Crippen LogP contribution in [0.4, 0.5) is 4.39 Å². The number of methoxy groups -OCH3 is 1. The van der Waals surface area contributed by atoms with Gasteiger partial charge in [-0.05, 0) is 41.5 Å². The number of ether oxygens (including phenoxy) is 3. The number of rotatable bonds is 14. The van der Waals surface area contributed by atoms with E-state index in [1.165, 1.54) is 0 Å². The number of alkyl halides is 2. The third kappa shape index (κ3) is 10.1. The van der Waals surface area contributed by atoms with Gasteiger partial charge in [0.05, 0.1) is 23.3 Å². The zero-order valence-electron chi connectivity index (χ0n) is 22.7. The third-order valence-corrected chi connectivity index (χ3v) is 6.78. The van der Waals surface area contributed by atoms with Crippen LogP contribution in [0.15, 0.2) is 21.9 Å². The average Bonchev–Trinajstić information content (AvgIpc) is 2.83. The molecule has 0 aliphatic rings. The van der Waals surface area contributed by atoms with Crippen molar-refractivity contribution in [2.24, 2.45) is 10.8 Å². The van der Waals surface area contributed by atoms with Gasteiger partial charge in [0.2, 0.25) is 19.9 Å². The zero-order valence-corrected chi connectivity index (χ0v) is 24.4. The van der Waals surface area contributed by atoms with E-state index in [0.29, 0.717) is 4.57 Å². The van der Waals surface area contributed by atoms with Crippen LogP contribution in [0.2, 0.25) is 0 Å². The Morgan fingerprint density at radius 1 is 1.05 bits per heavy atom. The quantitative estimate of drug-likeness (QED) is 0.137. The summed E-state index contributed by atoms with van der Waals surface area (Å²) in [7, 11) is -3.73. The minimum atomic E-state index is -4.76. The highest BCUT2D eigenvalue weighted by Gasteiger charge is 2.46. The highest BCUT2D eigenvalue weighted by Crippen LogP contribution is 2.50. The van der Waals surface area contributed by atoms with Gasteiger partial charge in [-0.2, -0.15) is 0 Å². The van der Waals surface area contributed by atoms with Crippen molar-refractivity contribution in [1.82, 2.24) is 9.55 Å². The summed E-state index contributed by atoms with van der Waals surface area (Å²) in [4.78, 5) is 49.1. The molecule has 1 aromatic heterocycles. The second kappa shape index (κ2) is 14.0. The van der Waals surface area contributed by atoms with Crippen molar-refractivity contribution in [3.63, 3.8) is 0 Å². The molecule has 17 heteroatoms. The molecule has 0 amide bonds. The highest BCUT2D eigenvalue weighted by molar-refractivity contribution is 7.48. The second-order valence-electron chi connectivity index (χ2n) is 10.3. The van der Waals surface area contributed by atoms with Gasteiger partial charge in [-0.25, -0.2) is 22.8 Å². The number of hydrogen-bond acceptors (Lipinski definition) is 12. The van der Waals surface area contributed by atoms with E-state index in [1.807, 2.05) is 4.98 Å². The molecule has 0 spiro atoms. The lowest BCUT2D eigenvalue weighted by molar-refractivity contribution is -0.167. The van der Waals surface area contributed by atoms with Crippen LogP contribution in [0, 0.1) is 10.8 Å². The lowest BCUT2D eigenvalue weighted by Crippen LogP contribution is -2.54. The topological polar surface area (TPSA) is 182 Å². The molecule has 1 rings (SSSR count). The Morgan fingerprint density at radius 2 is 1.54 bits per heavy atom. The average molecular weight is 605 g/mol. The van der Waals surface area contributed by atoms with Crippen molar-refractivity contribution in [2.75, 3.05) is 33.2 Å². The Kier molecular flexibility index (Phi) is 12.5. The standard InChI is InChI=1S/C22H35ClFN2O12P/c1-20(2,3)17(29)34-12-37-39(32,38-13-35-18(30)21(4,5)6)36-11-22(10-23,33-7)15(28)16(24)26-9-8-14(27)25-19(26)31/h8-9,15-16,28H,10-13H2,1-7H3,(H,25,27,31)/t15-,16-,22+/m0/s1. The number of aromatic amines is 1. The Balaban J connectivity index is 3.15. The molecule has 0 radical (unpaired) electrons. The van der Waals surface area contributed by atoms with Crippen LogP contribution in [-0.2, 0) is 41.9 Å². The summed E-state index contributed by atoms with van der Waals surface area (Å²) >= 11 is 5.95. The van der Waals surface area contributed by atoms with Gasteiger partial charge >= 0.3 is 25.5 Å². The number of aliphatic hydroxyl groups excluding tert-OH is 1. The lowest BCUT2D eigenvalue weighted by Gasteiger charge is -2.36. The molecule has 1 aromatic rings. The fourth-order valence-electron chi connectivity index (χ4n) is 2.48. The molecule has 0 saturated carbocycles. The molecule has 3 atom stereocenters. The minimum Gasteiger partial charge on any atom is -0.437 e. The van der Waals surface area contributed by atoms with Gasteiger partial charge in [-0.3, -0.25) is 28.5 Å². The van der Waals surface area contributed by atoms with Crippen LogP contribution in [0.3, 0.4) is 0 Å². The summed E-state index contributed by atoms with van der Waals surface area (Å²) in [5.41, 5.74) is -6.00. The van der Waals surface area contributed by atoms with E-state index in [1.54, 1.807) is 41.5 Å². The maximum atomic E-state index is 15.2. The van der Waals surface area contributed by atoms with Gasteiger partial charge in [0, 0.05) is 19.4 Å².